The third-order valence-electron chi connectivity index (χ3n) is 3.58. The van der Waals surface area contributed by atoms with E-state index in [-0.39, 0.29) is 16.9 Å². The number of benzene rings is 2. The molecule has 3 rings (SSSR count). The lowest BCUT2D eigenvalue weighted by Gasteiger charge is -2.07. The van der Waals surface area contributed by atoms with Gasteiger partial charge in [0.05, 0.1) is 23.9 Å². The highest BCUT2D eigenvalue weighted by Crippen LogP contribution is 2.30. The van der Waals surface area contributed by atoms with Gasteiger partial charge in [-0.3, -0.25) is 4.79 Å². The standard InChI is InChI=1S/C18H13BrN2O5/c1-25-15-5-3-2-4-11(15)16-9-14(21-26-16)17(22)20-13-7-6-10(19)8-12(13)18(23)24/h2-9H,1H3,(H,20,22)(H,23,24). The van der Waals surface area contributed by atoms with Crippen molar-refractivity contribution in [1.29, 1.82) is 0 Å². The zero-order valence-corrected chi connectivity index (χ0v) is 15.1. The Morgan fingerprint density at radius 2 is 1.96 bits per heavy atom. The zero-order chi connectivity index (χ0) is 18.7. The Labute approximate surface area is 156 Å². The molecule has 0 fully saturated rings. The van der Waals surface area contributed by atoms with E-state index in [1.165, 1.54) is 25.3 Å². The first-order chi connectivity index (χ1) is 12.5. The number of para-hydroxylation sites is 1. The largest absolute Gasteiger partial charge is 0.496 e. The predicted octanol–water partition coefficient (Wildman–Crippen LogP) is 4.06. The second-order valence-corrected chi connectivity index (χ2v) is 6.14. The first kappa shape index (κ1) is 17.7. The third-order valence-corrected chi connectivity index (χ3v) is 4.07. The zero-order valence-electron chi connectivity index (χ0n) is 13.5. The first-order valence-electron chi connectivity index (χ1n) is 7.44. The molecule has 26 heavy (non-hydrogen) atoms. The van der Waals surface area contributed by atoms with E-state index in [1.807, 2.05) is 6.07 Å². The molecule has 0 aliphatic heterocycles. The van der Waals surface area contributed by atoms with Crippen LogP contribution in [0.15, 0.2) is 57.5 Å². The van der Waals surface area contributed by atoms with Gasteiger partial charge in [0, 0.05) is 10.5 Å². The molecule has 0 aliphatic rings. The fourth-order valence-corrected chi connectivity index (χ4v) is 2.71. The molecule has 1 heterocycles. The quantitative estimate of drug-likeness (QED) is 0.649. The Morgan fingerprint density at radius 1 is 1.19 bits per heavy atom. The summed E-state index contributed by atoms with van der Waals surface area (Å²) in [6, 6.07) is 13.1. The molecular weight excluding hydrogens is 404 g/mol. The van der Waals surface area contributed by atoms with Crippen molar-refractivity contribution in [3.8, 4) is 17.1 Å². The number of halogens is 1. The van der Waals surface area contributed by atoms with Crippen molar-refractivity contribution in [3.63, 3.8) is 0 Å². The highest BCUT2D eigenvalue weighted by Gasteiger charge is 2.19. The van der Waals surface area contributed by atoms with Gasteiger partial charge in [0.2, 0.25) is 0 Å². The summed E-state index contributed by atoms with van der Waals surface area (Å²) in [6.45, 7) is 0. The van der Waals surface area contributed by atoms with E-state index in [0.717, 1.165) is 0 Å². The molecule has 0 radical (unpaired) electrons. The molecule has 0 bridgehead atoms. The number of rotatable bonds is 5. The number of ether oxygens (including phenoxy) is 1. The van der Waals surface area contributed by atoms with Gasteiger partial charge < -0.3 is 19.7 Å². The minimum Gasteiger partial charge on any atom is -0.496 e. The Morgan fingerprint density at radius 3 is 2.69 bits per heavy atom. The van der Waals surface area contributed by atoms with Crippen LogP contribution in [0.5, 0.6) is 5.75 Å². The van der Waals surface area contributed by atoms with Gasteiger partial charge in [-0.1, -0.05) is 33.2 Å². The van der Waals surface area contributed by atoms with E-state index in [4.69, 9.17) is 9.26 Å². The van der Waals surface area contributed by atoms with Crippen LogP contribution in [0, 0.1) is 0 Å². The molecule has 2 aromatic carbocycles. The number of carbonyl (C=O) groups is 2. The molecule has 0 saturated heterocycles. The monoisotopic (exact) mass is 416 g/mol. The van der Waals surface area contributed by atoms with Gasteiger partial charge in [0.15, 0.2) is 11.5 Å². The van der Waals surface area contributed by atoms with Crippen LogP contribution in [0.25, 0.3) is 11.3 Å². The minimum absolute atomic E-state index is 0.0187. The summed E-state index contributed by atoms with van der Waals surface area (Å²) in [4.78, 5) is 23.7. The lowest BCUT2D eigenvalue weighted by molar-refractivity contribution is 0.0698. The predicted molar refractivity (Wildman–Crippen MR) is 97.5 cm³/mol. The van der Waals surface area contributed by atoms with Gasteiger partial charge >= 0.3 is 5.97 Å². The average molecular weight is 417 g/mol. The highest BCUT2D eigenvalue weighted by molar-refractivity contribution is 9.10. The summed E-state index contributed by atoms with van der Waals surface area (Å²) < 4.78 is 11.1. The fraction of sp³-hybridized carbons (Fsp3) is 0.0556. The molecule has 0 aliphatic carbocycles. The van der Waals surface area contributed by atoms with Gasteiger partial charge in [-0.25, -0.2) is 4.79 Å². The van der Waals surface area contributed by atoms with E-state index >= 15 is 0 Å². The number of aromatic nitrogens is 1. The molecule has 7 nitrogen and oxygen atoms in total. The lowest BCUT2D eigenvalue weighted by atomic mass is 10.1. The van der Waals surface area contributed by atoms with Gasteiger partial charge in [-0.2, -0.15) is 0 Å². The van der Waals surface area contributed by atoms with Crippen LogP contribution in [0.3, 0.4) is 0 Å². The number of aromatic carboxylic acids is 1. The third kappa shape index (κ3) is 3.60. The summed E-state index contributed by atoms with van der Waals surface area (Å²) in [6.07, 6.45) is 0. The average Bonchev–Trinajstić information content (AvgIpc) is 3.13. The van der Waals surface area contributed by atoms with Gasteiger partial charge in [-0.15, -0.1) is 0 Å². The van der Waals surface area contributed by atoms with Crippen molar-refractivity contribution >= 4 is 33.5 Å². The lowest BCUT2D eigenvalue weighted by Crippen LogP contribution is -2.15. The van der Waals surface area contributed by atoms with E-state index in [9.17, 15) is 14.7 Å². The van der Waals surface area contributed by atoms with Crippen molar-refractivity contribution in [1.82, 2.24) is 5.16 Å². The van der Waals surface area contributed by atoms with Gasteiger partial charge in [0.1, 0.15) is 5.75 Å². The van der Waals surface area contributed by atoms with Crippen molar-refractivity contribution in [3.05, 3.63) is 64.3 Å². The number of hydrogen-bond donors (Lipinski definition) is 2. The molecule has 0 atom stereocenters. The number of anilines is 1. The number of carboxylic acids is 1. The molecule has 132 valence electrons. The Bertz CT molecular complexity index is 983. The van der Waals surface area contributed by atoms with Crippen LogP contribution >= 0.6 is 15.9 Å². The molecular formula is C18H13BrN2O5. The maximum atomic E-state index is 12.4. The summed E-state index contributed by atoms with van der Waals surface area (Å²) in [5, 5.41) is 15.6. The van der Waals surface area contributed by atoms with Crippen molar-refractivity contribution in [2.45, 2.75) is 0 Å². The van der Waals surface area contributed by atoms with E-state index in [1.54, 1.807) is 24.3 Å². The van der Waals surface area contributed by atoms with Crippen LogP contribution in [-0.4, -0.2) is 29.2 Å². The van der Waals surface area contributed by atoms with Crippen LogP contribution in [0.1, 0.15) is 20.8 Å². The summed E-state index contributed by atoms with van der Waals surface area (Å²) in [5.41, 5.74) is 0.787. The van der Waals surface area contributed by atoms with Crippen molar-refractivity contribution in [2.75, 3.05) is 12.4 Å². The van der Waals surface area contributed by atoms with Crippen molar-refractivity contribution < 1.29 is 24.0 Å². The Hall–Kier alpha value is -3.13. The number of hydrogen-bond acceptors (Lipinski definition) is 5. The second kappa shape index (κ2) is 7.40. The first-order valence-corrected chi connectivity index (χ1v) is 8.23. The molecule has 2 N–H and O–H groups in total. The Kier molecular flexibility index (Phi) is 5.04. The number of methoxy groups -OCH3 is 1. The Balaban J connectivity index is 1.87. The number of amides is 1. The maximum Gasteiger partial charge on any atom is 0.337 e. The van der Waals surface area contributed by atoms with Crippen LogP contribution in [-0.2, 0) is 0 Å². The van der Waals surface area contributed by atoms with E-state index in [0.29, 0.717) is 21.5 Å². The smallest absolute Gasteiger partial charge is 0.337 e. The van der Waals surface area contributed by atoms with Crippen LogP contribution < -0.4 is 10.1 Å². The minimum atomic E-state index is -1.16. The molecule has 3 aromatic rings. The van der Waals surface area contributed by atoms with E-state index < -0.39 is 11.9 Å². The molecule has 0 spiro atoms. The normalized spacial score (nSPS) is 10.4. The van der Waals surface area contributed by atoms with Crippen molar-refractivity contribution in [2.24, 2.45) is 0 Å². The van der Waals surface area contributed by atoms with Gasteiger partial charge in [-0.05, 0) is 30.3 Å². The van der Waals surface area contributed by atoms with Gasteiger partial charge in [0.25, 0.3) is 5.91 Å². The summed E-state index contributed by atoms with van der Waals surface area (Å²) >= 11 is 3.20. The highest BCUT2D eigenvalue weighted by atomic mass is 79.9. The number of carbonyl (C=O) groups excluding carboxylic acids is 1. The maximum absolute atomic E-state index is 12.4. The second-order valence-electron chi connectivity index (χ2n) is 5.23. The fourth-order valence-electron chi connectivity index (χ4n) is 2.35. The van der Waals surface area contributed by atoms with Crippen LogP contribution in [0.4, 0.5) is 5.69 Å². The summed E-state index contributed by atoms with van der Waals surface area (Å²) in [5.74, 6) is -0.797. The molecule has 0 saturated carbocycles. The number of nitrogens with zero attached hydrogens (tertiary/aromatic N) is 1. The van der Waals surface area contributed by atoms with E-state index in [2.05, 4.69) is 26.4 Å². The van der Waals surface area contributed by atoms with Crippen LogP contribution in [0.2, 0.25) is 0 Å². The topological polar surface area (TPSA) is 102 Å². The molecule has 1 aromatic heterocycles. The summed E-state index contributed by atoms with van der Waals surface area (Å²) in [7, 11) is 1.53. The number of carboxylic acid groups (broad SMARTS) is 1. The number of nitrogens with one attached hydrogen (secondary N) is 1. The molecule has 1 amide bonds. The SMILES string of the molecule is COc1ccccc1-c1cc(C(=O)Nc2ccc(Br)cc2C(=O)O)no1. The molecule has 8 heteroatoms. The molecule has 0 unspecified atom stereocenters.